The number of anilines is 2. The van der Waals surface area contributed by atoms with E-state index in [4.69, 9.17) is 0 Å². The Kier molecular flexibility index (Phi) is 5.08. The van der Waals surface area contributed by atoms with Crippen LogP contribution in [0.25, 0.3) is 0 Å². The number of rotatable bonds is 4. The Balaban J connectivity index is 1.65. The van der Waals surface area contributed by atoms with Gasteiger partial charge in [0, 0.05) is 0 Å². The highest BCUT2D eigenvalue weighted by Gasteiger charge is 2.42. The molecule has 5 rings (SSSR count). The van der Waals surface area contributed by atoms with E-state index in [1.165, 1.54) is 24.3 Å². The molecule has 0 spiro atoms. The normalized spacial score (nSPS) is 14.4. The maximum absolute atomic E-state index is 13.3. The molecule has 0 atom stereocenters. The topological polar surface area (TPSA) is 149 Å². The van der Waals surface area contributed by atoms with E-state index in [9.17, 15) is 39.0 Å². The molecule has 2 N–H and O–H groups in total. The van der Waals surface area contributed by atoms with E-state index in [1.807, 2.05) is 0 Å². The number of aromatic carboxylic acids is 2. The molecule has 10 nitrogen and oxygen atoms in total. The first kappa shape index (κ1) is 23.6. The van der Waals surface area contributed by atoms with Gasteiger partial charge in [-0.2, -0.15) is 0 Å². The minimum atomic E-state index is -1.25. The molecule has 3 aromatic rings. The second-order valence-electron chi connectivity index (χ2n) is 8.86. The van der Waals surface area contributed by atoms with Gasteiger partial charge in [-0.05, 0) is 73.9 Å². The fraction of sp³-hybridized carbons (Fsp3) is 0.111. The second-order valence-corrected chi connectivity index (χ2v) is 8.86. The molecule has 0 unspecified atom stereocenters. The lowest BCUT2D eigenvalue weighted by atomic mass is 9.99. The van der Waals surface area contributed by atoms with Gasteiger partial charge < -0.3 is 10.2 Å². The number of imide groups is 2. The number of fused-ring (bicyclic) bond motifs is 2. The molecule has 0 saturated carbocycles. The van der Waals surface area contributed by atoms with Crippen LogP contribution >= 0.6 is 0 Å². The Bertz CT molecular complexity index is 1530. The molecular weight excluding hydrogens is 480 g/mol. The summed E-state index contributed by atoms with van der Waals surface area (Å²) in [6, 6.07) is 8.95. The van der Waals surface area contributed by atoms with E-state index in [2.05, 4.69) is 0 Å². The summed E-state index contributed by atoms with van der Waals surface area (Å²) < 4.78 is 0. The number of benzene rings is 3. The van der Waals surface area contributed by atoms with Crippen LogP contribution in [0.3, 0.4) is 0 Å². The van der Waals surface area contributed by atoms with E-state index >= 15 is 0 Å². The summed E-state index contributed by atoms with van der Waals surface area (Å²) >= 11 is 0. The molecule has 37 heavy (non-hydrogen) atoms. The molecule has 0 aromatic heterocycles. The monoisotopic (exact) mass is 498 g/mol. The van der Waals surface area contributed by atoms with Gasteiger partial charge in [0.2, 0.25) is 0 Å². The van der Waals surface area contributed by atoms with Gasteiger partial charge in [0.25, 0.3) is 23.6 Å². The zero-order valence-electron chi connectivity index (χ0n) is 19.8. The first-order valence-corrected chi connectivity index (χ1v) is 11.1. The SMILES string of the molecule is Cc1cc(C)c(N2C(=O)c3ccc(C(=O)O)cc3C2=O)c(C)c1N1C(=O)c2ccc(C(=O)O)cc2C1=O. The molecule has 2 heterocycles. The van der Waals surface area contributed by atoms with Crippen molar-refractivity contribution in [3.05, 3.63) is 92.5 Å². The number of amides is 4. The van der Waals surface area contributed by atoms with Gasteiger partial charge >= 0.3 is 11.9 Å². The largest absolute Gasteiger partial charge is 0.478 e. The van der Waals surface area contributed by atoms with Crippen molar-refractivity contribution in [3.8, 4) is 0 Å². The Morgan fingerprint density at radius 1 is 0.568 bits per heavy atom. The van der Waals surface area contributed by atoms with Crippen LogP contribution in [0.15, 0.2) is 42.5 Å². The van der Waals surface area contributed by atoms with Crippen molar-refractivity contribution in [1.82, 2.24) is 0 Å². The van der Waals surface area contributed by atoms with Crippen LogP contribution in [0.1, 0.15) is 78.8 Å². The van der Waals surface area contributed by atoms with Gasteiger partial charge in [0.15, 0.2) is 0 Å². The predicted octanol–water partition coefficient (Wildman–Crippen LogP) is 3.61. The minimum Gasteiger partial charge on any atom is -0.478 e. The molecule has 184 valence electrons. The average Bonchev–Trinajstić information content (AvgIpc) is 3.24. The Labute approximate surface area is 209 Å². The zero-order chi connectivity index (χ0) is 26.9. The second kappa shape index (κ2) is 7.95. The zero-order valence-corrected chi connectivity index (χ0v) is 19.8. The highest BCUT2D eigenvalue weighted by Crippen LogP contribution is 2.42. The molecule has 0 radical (unpaired) electrons. The molecule has 0 aliphatic carbocycles. The third kappa shape index (κ3) is 3.26. The summed E-state index contributed by atoms with van der Waals surface area (Å²) in [7, 11) is 0. The van der Waals surface area contributed by atoms with E-state index in [0.717, 1.165) is 21.9 Å². The molecule has 10 heteroatoms. The van der Waals surface area contributed by atoms with Crippen LogP contribution in [0.5, 0.6) is 0 Å². The summed E-state index contributed by atoms with van der Waals surface area (Å²) in [5.74, 6) is -5.26. The number of aryl methyl sites for hydroxylation is 2. The Morgan fingerprint density at radius 2 is 0.919 bits per heavy atom. The van der Waals surface area contributed by atoms with Crippen molar-refractivity contribution in [3.63, 3.8) is 0 Å². The van der Waals surface area contributed by atoms with Crippen LogP contribution in [-0.4, -0.2) is 45.8 Å². The summed E-state index contributed by atoms with van der Waals surface area (Å²) in [4.78, 5) is 77.8. The fourth-order valence-electron chi connectivity index (χ4n) is 5.01. The third-order valence-corrected chi connectivity index (χ3v) is 6.60. The van der Waals surface area contributed by atoms with Crippen LogP contribution in [-0.2, 0) is 0 Å². The number of carboxylic acid groups (broad SMARTS) is 2. The Hall–Kier alpha value is -5.12. The summed E-state index contributed by atoms with van der Waals surface area (Å²) in [5.41, 5.74) is 1.36. The number of hydrogen-bond donors (Lipinski definition) is 2. The number of hydrogen-bond acceptors (Lipinski definition) is 6. The third-order valence-electron chi connectivity index (χ3n) is 6.60. The van der Waals surface area contributed by atoms with Crippen LogP contribution in [0.4, 0.5) is 11.4 Å². The van der Waals surface area contributed by atoms with E-state index in [0.29, 0.717) is 16.7 Å². The lowest BCUT2D eigenvalue weighted by Crippen LogP contribution is -2.34. The highest BCUT2D eigenvalue weighted by atomic mass is 16.4. The van der Waals surface area contributed by atoms with Crippen LogP contribution < -0.4 is 9.80 Å². The van der Waals surface area contributed by atoms with Gasteiger partial charge in [0.1, 0.15) is 0 Å². The maximum atomic E-state index is 13.3. The van der Waals surface area contributed by atoms with Gasteiger partial charge in [-0.15, -0.1) is 0 Å². The number of carbonyl (C=O) groups excluding carboxylic acids is 4. The quantitative estimate of drug-likeness (QED) is 0.518. The lowest BCUT2D eigenvalue weighted by Gasteiger charge is -2.26. The van der Waals surface area contributed by atoms with Gasteiger partial charge in [-0.25, -0.2) is 19.4 Å². The van der Waals surface area contributed by atoms with Crippen molar-refractivity contribution in [1.29, 1.82) is 0 Å². The van der Waals surface area contributed by atoms with E-state index < -0.39 is 35.6 Å². The van der Waals surface area contributed by atoms with Gasteiger partial charge in [0.05, 0.1) is 44.8 Å². The molecular formula is C27H18N2O8. The van der Waals surface area contributed by atoms with E-state index in [1.54, 1.807) is 26.8 Å². The number of nitrogens with zero attached hydrogens (tertiary/aromatic N) is 2. The van der Waals surface area contributed by atoms with Crippen molar-refractivity contribution in [2.24, 2.45) is 0 Å². The standard InChI is InChI=1S/C27H18N2O8/c1-11-8-12(2)21(29-23(31)17-7-5-15(27(36)37)10-19(17)25(29)33)13(3)20(11)28-22(30)16-6-4-14(26(34)35)9-18(16)24(28)32/h4-10H,1-3H3,(H,34,35)(H,36,37). The van der Waals surface area contributed by atoms with Gasteiger partial charge in [-0.3, -0.25) is 19.2 Å². The van der Waals surface area contributed by atoms with Crippen molar-refractivity contribution in [2.45, 2.75) is 20.8 Å². The first-order valence-electron chi connectivity index (χ1n) is 11.1. The number of carbonyl (C=O) groups is 6. The van der Waals surface area contributed by atoms with Crippen molar-refractivity contribution < 1.29 is 39.0 Å². The summed E-state index contributed by atoms with van der Waals surface area (Å²) in [6.45, 7) is 4.92. The number of carboxylic acids is 2. The molecule has 4 amide bonds. The Morgan fingerprint density at radius 3 is 1.27 bits per heavy atom. The molecule has 2 aliphatic heterocycles. The summed E-state index contributed by atoms with van der Waals surface area (Å²) in [5, 5.41) is 18.6. The molecule has 0 fully saturated rings. The van der Waals surface area contributed by atoms with Crippen LogP contribution in [0, 0.1) is 20.8 Å². The first-order chi connectivity index (χ1) is 17.4. The summed E-state index contributed by atoms with van der Waals surface area (Å²) in [6.07, 6.45) is 0. The smallest absolute Gasteiger partial charge is 0.335 e. The molecule has 2 aliphatic rings. The van der Waals surface area contributed by atoms with Gasteiger partial charge in [-0.1, -0.05) is 6.07 Å². The predicted molar refractivity (Wildman–Crippen MR) is 130 cm³/mol. The van der Waals surface area contributed by atoms with Crippen molar-refractivity contribution in [2.75, 3.05) is 9.80 Å². The van der Waals surface area contributed by atoms with E-state index in [-0.39, 0.29) is 44.8 Å². The minimum absolute atomic E-state index is 0.0397. The molecule has 0 saturated heterocycles. The average molecular weight is 498 g/mol. The van der Waals surface area contributed by atoms with Crippen molar-refractivity contribution >= 4 is 46.9 Å². The molecule has 0 bridgehead atoms. The highest BCUT2D eigenvalue weighted by molar-refractivity contribution is 6.37. The lowest BCUT2D eigenvalue weighted by molar-refractivity contribution is 0.0686. The molecule has 3 aromatic carbocycles. The van der Waals surface area contributed by atoms with Crippen LogP contribution in [0.2, 0.25) is 0 Å². The fourth-order valence-corrected chi connectivity index (χ4v) is 5.01. The maximum Gasteiger partial charge on any atom is 0.335 e.